The van der Waals surface area contributed by atoms with E-state index in [1.54, 1.807) is 0 Å². The highest BCUT2D eigenvalue weighted by molar-refractivity contribution is 6.34. The van der Waals surface area contributed by atoms with Crippen molar-refractivity contribution in [3.05, 3.63) is 181 Å². The van der Waals surface area contributed by atoms with Gasteiger partial charge >= 0.3 is 0 Å². The average molecular weight is 679 g/mol. The molecule has 0 saturated heterocycles. The van der Waals surface area contributed by atoms with E-state index in [0.29, 0.717) is 0 Å². The van der Waals surface area contributed by atoms with Gasteiger partial charge in [0.1, 0.15) is 11.2 Å². The van der Waals surface area contributed by atoms with Crippen LogP contribution in [0.5, 0.6) is 0 Å². The van der Waals surface area contributed by atoms with Gasteiger partial charge in [-0.3, -0.25) is 4.57 Å². The second-order valence-electron chi connectivity index (χ2n) is 14.0. The van der Waals surface area contributed by atoms with Crippen molar-refractivity contribution >= 4 is 88.0 Å². The Labute approximate surface area is 303 Å². The second-order valence-corrected chi connectivity index (χ2v) is 14.0. The van der Waals surface area contributed by atoms with Gasteiger partial charge in [0.05, 0.1) is 44.9 Å². The molecule has 0 radical (unpaired) electrons. The van der Waals surface area contributed by atoms with Gasteiger partial charge in [0.15, 0.2) is 0 Å². The van der Waals surface area contributed by atoms with E-state index in [1.807, 2.05) is 6.07 Å². The third-order valence-corrected chi connectivity index (χ3v) is 11.2. The van der Waals surface area contributed by atoms with Crippen molar-refractivity contribution < 1.29 is 4.42 Å². The van der Waals surface area contributed by atoms with Gasteiger partial charge in [-0.25, -0.2) is 4.99 Å². The van der Waals surface area contributed by atoms with Gasteiger partial charge in [-0.05, 0) is 59.5 Å². The molecule has 11 aromatic rings. The number of nitrogens with one attached hydrogen (secondary N) is 1. The van der Waals surface area contributed by atoms with Crippen LogP contribution in [-0.2, 0) is 0 Å². The third kappa shape index (κ3) is 3.93. The Morgan fingerprint density at radius 3 is 2.06 bits per heavy atom. The molecule has 12 rings (SSSR count). The minimum absolute atomic E-state index is 0.0525. The van der Waals surface area contributed by atoms with Crippen molar-refractivity contribution in [2.45, 2.75) is 6.04 Å². The molecule has 3 aromatic heterocycles. The normalized spacial score (nSPS) is 14.5. The van der Waals surface area contributed by atoms with Gasteiger partial charge in [-0.2, -0.15) is 0 Å². The van der Waals surface area contributed by atoms with E-state index in [0.717, 1.165) is 77.7 Å². The van der Waals surface area contributed by atoms with Crippen molar-refractivity contribution in [1.82, 2.24) is 14.5 Å². The summed E-state index contributed by atoms with van der Waals surface area (Å²) in [4.78, 5) is 5.32. The van der Waals surface area contributed by atoms with Crippen molar-refractivity contribution in [3.8, 4) is 5.69 Å². The van der Waals surface area contributed by atoms with E-state index < -0.39 is 0 Å². The van der Waals surface area contributed by atoms with E-state index >= 15 is 0 Å². The molecule has 1 N–H and O–H groups in total. The molecule has 0 fully saturated rings. The molecule has 5 nitrogen and oxygen atoms in total. The number of aromatic nitrogens is 2. The van der Waals surface area contributed by atoms with Crippen molar-refractivity contribution in [2.75, 3.05) is 0 Å². The minimum Gasteiger partial charge on any atom is -0.455 e. The van der Waals surface area contributed by atoms with Gasteiger partial charge in [0, 0.05) is 37.9 Å². The maximum Gasteiger partial charge on any atom is 0.209 e. The number of hydrogen-bond donors (Lipinski definition) is 1. The number of benzene rings is 8. The first-order chi connectivity index (χ1) is 26.3. The lowest BCUT2D eigenvalue weighted by Gasteiger charge is -2.28. The Morgan fingerprint density at radius 1 is 0.472 bits per heavy atom. The van der Waals surface area contributed by atoms with Gasteiger partial charge in [0.25, 0.3) is 0 Å². The first-order valence-corrected chi connectivity index (χ1v) is 18.1. The van der Waals surface area contributed by atoms with Crippen LogP contribution in [0.2, 0.25) is 0 Å². The standard InChI is InChI=1S/C48H30N4O/c1-2-14-30(15-3-1)46-34-19-6-9-21-36(34)49-48(50-46)52-38-22-10-7-20-35(38)43-39(52)27-28-40-44(43)45-41(26-25-33-32-18-8-11-24-42(32)53-47(33)45)51(40)37-23-12-16-29-13-4-5-17-31(29)37/h1-28,46H,(H,49,50). The van der Waals surface area contributed by atoms with Crippen LogP contribution in [0.25, 0.3) is 82.0 Å². The molecule has 0 spiro atoms. The molecule has 0 bridgehead atoms. The molecule has 4 heterocycles. The lowest BCUT2D eigenvalue weighted by atomic mass is 9.96. The van der Waals surface area contributed by atoms with E-state index in [-0.39, 0.29) is 6.04 Å². The summed E-state index contributed by atoms with van der Waals surface area (Å²) in [5, 5.41) is 13.2. The number of fused-ring (bicyclic) bond motifs is 13. The van der Waals surface area contributed by atoms with Crippen LogP contribution in [0.4, 0.5) is 5.69 Å². The summed E-state index contributed by atoms with van der Waals surface area (Å²) < 4.78 is 11.6. The molecule has 0 aliphatic carbocycles. The van der Waals surface area contributed by atoms with Crippen LogP contribution < -0.4 is 5.32 Å². The fourth-order valence-electron chi connectivity index (χ4n) is 8.93. The summed E-state index contributed by atoms with van der Waals surface area (Å²) in [6, 6.07) is 60.5. The fourth-order valence-corrected chi connectivity index (χ4v) is 8.93. The zero-order chi connectivity index (χ0) is 34.6. The number of rotatable bonds is 2. The first-order valence-electron chi connectivity index (χ1n) is 18.1. The molecule has 1 unspecified atom stereocenters. The van der Waals surface area contributed by atoms with Crippen LogP contribution in [-0.4, -0.2) is 15.1 Å². The zero-order valence-corrected chi connectivity index (χ0v) is 28.5. The maximum absolute atomic E-state index is 6.84. The first kappa shape index (κ1) is 28.6. The molecule has 1 aliphatic rings. The molecule has 1 atom stereocenters. The Bertz CT molecular complexity index is 3320. The lowest BCUT2D eigenvalue weighted by Crippen LogP contribution is -2.36. The molecule has 1 aliphatic heterocycles. The Hall–Kier alpha value is -7.11. The largest absolute Gasteiger partial charge is 0.455 e. The van der Waals surface area contributed by atoms with Crippen LogP contribution >= 0.6 is 0 Å². The van der Waals surface area contributed by atoms with Crippen molar-refractivity contribution in [3.63, 3.8) is 0 Å². The number of aliphatic imine (C=N–C) groups is 1. The predicted octanol–water partition coefficient (Wildman–Crippen LogP) is 12.2. The number of para-hydroxylation sites is 3. The van der Waals surface area contributed by atoms with Crippen LogP contribution in [0.15, 0.2) is 179 Å². The minimum atomic E-state index is -0.0525. The monoisotopic (exact) mass is 678 g/mol. The highest BCUT2D eigenvalue weighted by Crippen LogP contribution is 2.46. The Morgan fingerprint density at radius 2 is 1.15 bits per heavy atom. The van der Waals surface area contributed by atoms with E-state index in [4.69, 9.17) is 9.41 Å². The summed E-state index contributed by atoms with van der Waals surface area (Å²) in [7, 11) is 0. The summed E-state index contributed by atoms with van der Waals surface area (Å²) in [6.07, 6.45) is 0. The SMILES string of the molecule is c1ccc(C2NC(n3c4ccccc4c4c5c6c7oc8ccccc8c7ccc6n(-c6cccc7ccccc67)c5ccc43)=Nc3ccccc32)cc1. The molecule has 8 aromatic carbocycles. The van der Waals surface area contributed by atoms with Crippen LogP contribution in [0.3, 0.4) is 0 Å². The summed E-state index contributed by atoms with van der Waals surface area (Å²) in [5.74, 6) is 0.801. The predicted molar refractivity (Wildman–Crippen MR) is 219 cm³/mol. The maximum atomic E-state index is 6.84. The smallest absolute Gasteiger partial charge is 0.209 e. The molecule has 0 saturated carbocycles. The molecule has 0 amide bonds. The Balaban J connectivity index is 1.24. The highest BCUT2D eigenvalue weighted by atomic mass is 16.3. The number of furan rings is 1. The van der Waals surface area contributed by atoms with Crippen LogP contribution in [0, 0.1) is 0 Å². The van der Waals surface area contributed by atoms with E-state index in [9.17, 15) is 0 Å². The number of nitrogens with zero attached hydrogens (tertiary/aromatic N) is 3. The van der Waals surface area contributed by atoms with Crippen LogP contribution in [0.1, 0.15) is 17.2 Å². The topological polar surface area (TPSA) is 47.4 Å². The van der Waals surface area contributed by atoms with E-state index in [2.05, 4.69) is 178 Å². The molecule has 5 heteroatoms. The Kier molecular flexibility index (Phi) is 5.77. The highest BCUT2D eigenvalue weighted by Gasteiger charge is 2.28. The second kappa shape index (κ2) is 10.7. The lowest BCUT2D eigenvalue weighted by molar-refractivity contribution is 0.673. The van der Waals surface area contributed by atoms with E-state index in [1.165, 1.54) is 27.1 Å². The molecule has 248 valence electrons. The summed E-state index contributed by atoms with van der Waals surface area (Å²) in [6.45, 7) is 0. The average Bonchev–Trinajstić information content (AvgIpc) is 3.88. The number of hydrogen-bond acceptors (Lipinski definition) is 3. The van der Waals surface area contributed by atoms with Crippen molar-refractivity contribution in [2.24, 2.45) is 4.99 Å². The summed E-state index contributed by atoms with van der Waals surface area (Å²) >= 11 is 0. The fraction of sp³-hybridized carbons (Fsp3) is 0.0208. The van der Waals surface area contributed by atoms with Gasteiger partial charge in [-0.15, -0.1) is 0 Å². The zero-order valence-electron chi connectivity index (χ0n) is 28.5. The van der Waals surface area contributed by atoms with Gasteiger partial charge in [0.2, 0.25) is 5.96 Å². The van der Waals surface area contributed by atoms with Crippen molar-refractivity contribution in [1.29, 1.82) is 0 Å². The van der Waals surface area contributed by atoms with Gasteiger partial charge in [-0.1, -0.05) is 121 Å². The third-order valence-electron chi connectivity index (χ3n) is 11.2. The molecule has 53 heavy (non-hydrogen) atoms. The quantitative estimate of drug-likeness (QED) is 0.198. The summed E-state index contributed by atoms with van der Waals surface area (Å²) in [5.41, 5.74) is 10.7. The molecular weight excluding hydrogens is 649 g/mol. The van der Waals surface area contributed by atoms with Gasteiger partial charge < -0.3 is 14.3 Å². The molecular formula is C48H30N4O.